The Hall–Kier alpha value is -1.92. The molecule has 1 aromatic carbocycles. The Bertz CT molecular complexity index is 649. The number of hydrogen-bond donors (Lipinski definition) is 1. The van der Waals surface area contributed by atoms with Gasteiger partial charge in [-0.1, -0.05) is 17.5 Å². The molecule has 0 saturated carbocycles. The molecule has 0 amide bonds. The van der Waals surface area contributed by atoms with Crippen LogP contribution in [0.1, 0.15) is 16.1 Å². The van der Waals surface area contributed by atoms with E-state index in [-0.39, 0.29) is 12.2 Å². The number of halogens is 1. The Kier molecular flexibility index (Phi) is 2.83. The van der Waals surface area contributed by atoms with Crippen LogP contribution in [0, 0.1) is 19.3 Å². The van der Waals surface area contributed by atoms with Crippen LogP contribution in [0.4, 0.5) is 0 Å². The minimum Gasteiger partial charge on any atom is -0.477 e. The van der Waals surface area contributed by atoms with E-state index < -0.39 is 5.97 Å². The lowest BCUT2D eigenvalue weighted by atomic mass is 10.1. The summed E-state index contributed by atoms with van der Waals surface area (Å²) in [5, 5.41) is 10.6. The van der Waals surface area contributed by atoms with Crippen molar-refractivity contribution in [3.63, 3.8) is 0 Å². The Morgan fingerprint density at radius 2 is 2.29 bits per heavy atom. The van der Waals surface area contributed by atoms with Crippen LogP contribution in [0.3, 0.4) is 0 Å². The Labute approximate surface area is 104 Å². The van der Waals surface area contributed by atoms with Crippen LogP contribution in [-0.2, 0) is 6.54 Å². The summed E-state index contributed by atoms with van der Waals surface area (Å²) in [6, 6.07) is 5.27. The zero-order valence-electron chi connectivity index (χ0n) is 9.20. The molecule has 0 spiro atoms. The Balaban J connectivity index is 2.88. The first-order valence-corrected chi connectivity index (χ1v) is 5.39. The van der Waals surface area contributed by atoms with E-state index in [1.165, 1.54) is 0 Å². The average molecular weight is 248 g/mol. The molecule has 0 aliphatic rings. The third-order valence-electron chi connectivity index (χ3n) is 2.73. The highest BCUT2D eigenvalue weighted by Crippen LogP contribution is 2.28. The third kappa shape index (κ3) is 1.77. The number of rotatable bonds is 2. The van der Waals surface area contributed by atoms with Crippen molar-refractivity contribution in [2.75, 3.05) is 0 Å². The van der Waals surface area contributed by atoms with Gasteiger partial charge in [0.1, 0.15) is 5.69 Å². The van der Waals surface area contributed by atoms with Gasteiger partial charge in [-0.15, -0.1) is 6.42 Å². The highest BCUT2D eigenvalue weighted by atomic mass is 35.5. The van der Waals surface area contributed by atoms with E-state index in [0.29, 0.717) is 10.6 Å². The lowest BCUT2D eigenvalue weighted by Gasteiger charge is -2.03. The van der Waals surface area contributed by atoms with E-state index in [2.05, 4.69) is 5.92 Å². The summed E-state index contributed by atoms with van der Waals surface area (Å²) in [6.45, 7) is 1.99. The summed E-state index contributed by atoms with van der Waals surface area (Å²) in [6.07, 6.45) is 5.27. The second kappa shape index (κ2) is 4.15. The summed E-state index contributed by atoms with van der Waals surface area (Å²) >= 11 is 5.91. The summed E-state index contributed by atoms with van der Waals surface area (Å²) < 4.78 is 1.61. The molecule has 3 nitrogen and oxygen atoms in total. The smallest absolute Gasteiger partial charge is 0.352 e. The van der Waals surface area contributed by atoms with Crippen LogP contribution in [0.25, 0.3) is 10.9 Å². The fraction of sp³-hybridized carbons (Fsp3) is 0.154. The van der Waals surface area contributed by atoms with Gasteiger partial charge in [0.05, 0.1) is 6.54 Å². The number of aromatic nitrogens is 1. The van der Waals surface area contributed by atoms with Gasteiger partial charge in [-0.25, -0.2) is 4.79 Å². The van der Waals surface area contributed by atoms with Crippen LogP contribution < -0.4 is 0 Å². The number of aryl methyl sites for hydroxylation is 1. The largest absolute Gasteiger partial charge is 0.477 e. The van der Waals surface area contributed by atoms with Crippen molar-refractivity contribution in [3.05, 3.63) is 34.5 Å². The van der Waals surface area contributed by atoms with Crippen LogP contribution in [0.15, 0.2) is 18.2 Å². The number of carbonyl (C=O) groups is 1. The second-order valence-corrected chi connectivity index (χ2v) is 4.17. The zero-order valence-corrected chi connectivity index (χ0v) is 9.95. The van der Waals surface area contributed by atoms with Crippen molar-refractivity contribution in [2.45, 2.75) is 13.5 Å². The number of carboxylic acids is 1. The molecule has 4 heteroatoms. The van der Waals surface area contributed by atoms with Gasteiger partial charge in [0.2, 0.25) is 0 Å². The molecule has 0 radical (unpaired) electrons. The topological polar surface area (TPSA) is 42.2 Å². The van der Waals surface area contributed by atoms with Crippen molar-refractivity contribution >= 4 is 28.5 Å². The van der Waals surface area contributed by atoms with E-state index in [1.54, 1.807) is 29.7 Å². The van der Waals surface area contributed by atoms with Crippen molar-refractivity contribution in [3.8, 4) is 12.3 Å². The second-order valence-electron chi connectivity index (χ2n) is 3.73. The SMILES string of the molecule is C#CCn1c(C(=O)O)c(C)c2cc(Cl)ccc21. The maximum atomic E-state index is 11.2. The number of fused-ring (bicyclic) bond motifs is 1. The lowest BCUT2D eigenvalue weighted by molar-refractivity contribution is 0.0685. The molecule has 0 unspecified atom stereocenters. The highest BCUT2D eigenvalue weighted by Gasteiger charge is 2.18. The Morgan fingerprint density at radius 3 is 2.88 bits per heavy atom. The fourth-order valence-corrected chi connectivity index (χ4v) is 2.20. The molecule has 0 atom stereocenters. The van der Waals surface area contributed by atoms with Crippen molar-refractivity contribution in [2.24, 2.45) is 0 Å². The number of nitrogens with zero attached hydrogens (tertiary/aromatic N) is 1. The maximum Gasteiger partial charge on any atom is 0.352 e. The number of terminal acetylenes is 1. The van der Waals surface area contributed by atoms with Crippen molar-refractivity contribution in [1.82, 2.24) is 4.57 Å². The molecule has 86 valence electrons. The van der Waals surface area contributed by atoms with Crippen molar-refractivity contribution < 1.29 is 9.90 Å². The van der Waals surface area contributed by atoms with Gasteiger partial charge >= 0.3 is 5.97 Å². The van der Waals surface area contributed by atoms with E-state index in [1.807, 2.05) is 0 Å². The van der Waals surface area contributed by atoms with E-state index >= 15 is 0 Å². The van der Waals surface area contributed by atoms with Crippen LogP contribution in [-0.4, -0.2) is 15.6 Å². The van der Waals surface area contributed by atoms with Gasteiger partial charge in [0, 0.05) is 15.9 Å². The minimum absolute atomic E-state index is 0.222. The molecule has 2 rings (SSSR count). The molecule has 2 aromatic rings. The summed E-state index contributed by atoms with van der Waals surface area (Å²) in [5.74, 6) is 1.48. The summed E-state index contributed by atoms with van der Waals surface area (Å²) in [4.78, 5) is 11.2. The van der Waals surface area contributed by atoms with Gasteiger partial charge < -0.3 is 9.67 Å². The van der Waals surface area contributed by atoms with Crippen LogP contribution >= 0.6 is 11.6 Å². The molecule has 1 aromatic heterocycles. The minimum atomic E-state index is -0.981. The summed E-state index contributed by atoms with van der Waals surface area (Å²) in [7, 11) is 0. The first-order chi connectivity index (χ1) is 8.06. The molecule has 0 aliphatic carbocycles. The number of carboxylic acid groups (broad SMARTS) is 1. The third-order valence-corrected chi connectivity index (χ3v) is 2.97. The van der Waals surface area contributed by atoms with E-state index in [0.717, 1.165) is 10.9 Å². The maximum absolute atomic E-state index is 11.2. The van der Waals surface area contributed by atoms with E-state index in [4.69, 9.17) is 18.0 Å². The molecule has 0 fully saturated rings. The van der Waals surface area contributed by atoms with Crippen LogP contribution in [0.2, 0.25) is 5.02 Å². The Morgan fingerprint density at radius 1 is 1.59 bits per heavy atom. The molecule has 0 aliphatic heterocycles. The number of hydrogen-bond acceptors (Lipinski definition) is 1. The fourth-order valence-electron chi connectivity index (χ4n) is 2.03. The number of aromatic carboxylic acids is 1. The average Bonchev–Trinajstić information content (AvgIpc) is 2.53. The van der Waals surface area contributed by atoms with Crippen molar-refractivity contribution in [1.29, 1.82) is 0 Å². The number of benzene rings is 1. The predicted octanol–water partition coefficient (Wildman–Crippen LogP) is 2.93. The predicted molar refractivity (Wildman–Crippen MR) is 67.5 cm³/mol. The van der Waals surface area contributed by atoms with Crippen LogP contribution in [0.5, 0.6) is 0 Å². The van der Waals surface area contributed by atoms with Gasteiger partial charge in [0.15, 0.2) is 0 Å². The van der Waals surface area contributed by atoms with Gasteiger partial charge in [-0.2, -0.15) is 0 Å². The first-order valence-electron chi connectivity index (χ1n) is 5.01. The molecular formula is C13H10ClNO2. The molecule has 1 N–H and O–H groups in total. The normalized spacial score (nSPS) is 10.4. The molecule has 0 saturated heterocycles. The highest BCUT2D eigenvalue weighted by molar-refractivity contribution is 6.31. The standard InChI is InChI=1S/C13H10ClNO2/c1-3-6-15-11-5-4-9(14)7-10(11)8(2)12(15)13(16)17/h1,4-5,7H,6H2,2H3,(H,16,17). The molecule has 1 heterocycles. The molecular weight excluding hydrogens is 238 g/mol. The first kappa shape index (κ1) is 11.6. The van der Waals surface area contributed by atoms with Gasteiger partial charge in [0.25, 0.3) is 0 Å². The van der Waals surface area contributed by atoms with E-state index in [9.17, 15) is 9.90 Å². The van der Waals surface area contributed by atoms with Gasteiger partial charge in [-0.05, 0) is 30.7 Å². The zero-order chi connectivity index (χ0) is 12.6. The monoisotopic (exact) mass is 247 g/mol. The molecule has 17 heavy (non-hydrogen) atoms. The summed E-state index contributed by atoms with van der Waals surface area (Å²) in [5.41, 5.74) is 1.70. The van der Waals surface area contributed by atoms with Gasteiger partial charge in [-0.3, -0.25) is 0 Å². The lowest BCUT2D eigenvalue weighted by Crippen LogP contribution is -2.08. The molecule has 0 bridgehead atoms. The quantitative estimate of drug-likeness (QED) is 0.829.